The normalized spacial score (nSPS) is 11.7. The highest BCUT2D eigenvalue weighted by Gasteiger charge is 2.25. The van der Waals surface area contributed by atoms with Crippen LogP contribution in [0, 0.1) is 11.3 Å². The highest BCUT2D eigenvalue weighted by Crippen LogP contribution is 2.49. The van der Waals surface area contributed by atoms with Crippen LogP contribution in [-0.2, 0) is 0 Å². The summed E-state index contributed by atoms with van der Waals surface area (Å²) in [5, 5.41) is 18.0. The molecule has 4 aromatic heterocycles. The van der Waals surface area contributed by atoms with Gasteiger partial charge in [0.1, 0.15) is 44.7 Å². The number of thiol groups is 2. The predicted molar refractivity (Wildman–Crippen MR) is 260 cm³/mol. The van der Waals surface area contributed by atoms with Crippen LogP contribution in [0.25, 0.3) is 132 Å². The van der Waals surface area contributed by atoms with E-state index in [1.54, 1.807) is 0 Å². The van der Waals surface area contributed by atoms with Crippen molar-refractivity contribution in [3.63, 3.8) is 0 Å². The third-order valence-electron chi connectivity index (χ3n) is 12.1. The van der Waals surface area contributed by atoms with E-state index in [1.807, 2.05) is 72.8 Å². The van der Waals surface area contributed by atoms with Gasteiger partial charge in [0.2, 0.25) is 0 Å². The van der Waals surface area contributed by atoms with Crippen LogP contribution in [0.3, 0.4) is 0 Å². The first-order chi connectivity index (χ1) is 30.7. The first-order valence-electron chi connectivity index (χ1n) is 20.1. The van der Waals surface area contributed by atoms with E-state index in [2.05, 4.69) is 133 Å². The summed E-state index contributed by atoms with van der Waals surface area (Å²) in [5.41, 5.74) is 14.4. The Labute approximate surface area is 364 Å². The Morgan fingerprint density at radius 2 is 0.629 bits per heavy atom. The molecule has 4 heterocycles. The molecule has 0 aliphatic rings. The molecule has 0 saturated heterocycles. The van der Waals surface area contributed by atoms with Gasteiger partial charge in [-0.25, -0.2) is 0 Å². The maximum Gasteiger partial charge on any atom is 0.147 e. The fourth-order valence-corrected chi connectivity index (χ4v) is 9.33. The molecule has 5 nitrogen and oxygen atoms in total. The maximum absolute atomic E-state index is 9.72. The summed E-state index contributed by atoms with van der Waals surface area (Å²) >= 11 is 6.44. The number of rotatable bonds is 4. The third-order valence-corrected chi connectivity index (χ3v) is 12.1. The number of nitriles is 1. The van der Waals surface area contributed by atoms with Gasteiger partial charge in [0.25, 0.3) is 0 Å². The summed E-state index contributed by atoms with van der Waals surface area (Å²) in [6.45, 7) is 0. The lowest BCUT2D eigenvalue weighted by Gasteiger charge is -2.14. The fraction of sp³-hybridized carbons (Fsp3) is 0. The van der Waals surface area contributed by atoms with Crippen molar-refractivity contribution in [2.75, 3.05) is 0 Å². The number of hydrogen-bond acceptors (Lipinski definition) is 7. The van der Waals surface area contributed by atoms with Crippen LogP contribution >= 0.6 is 23.3 Å². The second kappa shape index (κ2) is 14.2. The summed E-state index contributed by atoms with van der Waals surface area (Å²) in [7, 11) is 0. The zero-order valence-corrected chi connectivity index (χ0v) is 34.5. The van der Waals surface area contributed by atoms with Crippen molar-refractivity contribution in [2.24, 2.45) is 0 Å². The van der Waals surface area contributed by atoms with E-state index in [0.29, 0.717) is 5.56 Å². The minimum Gasteiger partial charge on any atom is -0.455 e. The van der Waals surface area contributed by atoms with Crippen molar-refractivity contribution in [1.82, 2.24) is 0 Å². The lowest BCUT2D eigenvalue weighted by Crippen LogP contribution is -1.89. The first kappa shape index (κ1) is 36.2. The molecule has 0 aliphatic carbocycles. The highest BCUT2D eigenvalue weighted by atomic mass is 33.1. The van der Waals surface area contributed by atoms with Crippen molar-refractivity contribution in [3.05, 3.63) is 181 Å². The van der Waals surface area contributed by atoms with Crippen LogP contribution in [0.15, 0.2) is 194 Å². The Balaban J connectivity index is 0.00000202. The molecule has 62 heavy (non-hydrogen) atoms. The molecule has 0 amide bonds. The largest absolute Gasteiger partial charge is 0.455 e. The monoisotopic (exact) mass is 833 g/mol. The van der Waals surface area contributed by atoms with Gasteiger partial charge in [0.05, 0.1) is 22.8 Å². The Hall–Kier alpha value is -7.63. The van der Waals surface area contributed by atoms with Crippen molar-refractivity contribution in [3.8, 4) is 50.6 Å². The zero-order chi connectivity index (χ0) is 41.5. The zero-order valence-electron chi connectivity index (χ0n) is 32.7. The van der Waals surface area contributed by atoms with Crippen LogP contribution in [-0.4, -0.2) is 0 Å². The number of furan rings is 4. The van der Waals surface area contributed by atoms with Gasteiger partial charge in [-0.05, 0) is 106 Å². The summed E-state index contributed by atoms with van der Waals surface area (Å²) in [6.07, 6.45) is 0. The minimum atomic E-state index is 0.616. The standard InChI is InChI=1S/C55H29NO4.H2S2/c56-30-31-11-9-12-32(23-31)33-13-10-14-34(24-33)35-25-36(50-52-42(38-15-1-5-19-46(38)57-52)28-43-39-16-2-6-20-47(39)58-53(43)50)27-37(26-35)51-54-44(40-17-3-7-21-48(40)59-54)29-45-41-18-4-8-22-49(41)60-55(45)51;1-2/h1-29H;1-2H. The second-order valence-corrected chi connectivity index (χ2v) is 15.5. The number of fused-ring (bicyclic) bond motifs is 12. The number of hydrogen-bond donors (Lipinski definition) is 2. The molecular weight excluding hydrogens is 803 g/mol. The topological polar surface area (TPSA) is 76.3 Å². The average molecular weight is 834 g/mol. The fourth-order valence-electron chi connectivity index (χ4n) is 9.33. The molecule has 0 aliphatic heterocycles. The summed E-state index contributed by atoms with van der Waals surface area (Å²) in [4.78, 5) is 0. The second-order valence-electron chi connectivity index (χ2n) is 15.5. The highest BCUT2D eigenvalue weighted by molar-refractivity contribution is 8.59. The molecule has 0 radical (unpaired) electrons. The minimum absolute atomic E-state index is 0.616. The van der Waals surface area contributed by atoms with Crippen LogP contribution in [0.1, 0.15) is 5.56 Å². The first-order valence-corrected chi connectivity index (χ1v) is 21.7. The van der Waals surface area contributed by atoms with Crippen molar-refractivity contribution < 1.29 is 17.7 Å². The van der Waals surface area contributed by atoms with Gasteiger partial charge in [0, 0.05) is 43.1 Å². The van der Waals surface area contributed by atoms with Gasteiger partial charge in [0.15, 0.2) is 0 Å². The molecule has 0 fully saturated rings. The average Bonchev–Trinajstić information content (AvgIpc) is 4.11. The molecule has 13 aromatic rings. The van der Waals surface area contributed by atoms with Crippen LogP contribution in [0.5, 0.6) is 0 Å². The summed E-state index contributed by atoms with van der Waals surface area (Å²) in [6, 6.07) is 62.5. The molecule has 292 valence electrons. The van der Waals surface area contributed by atoms with Crippen LogP contribution in [0.4, 0.5) is 0 Å². The third kappa shape index (κ3) is 5.51. The molecule has 13 rings (SSSR count). The van der Waals surface area contributed by atoms with E-state index < -0.39 is 0 Å². The van der Waals surface area contributed by atoms with Crippen molar-refractivity contribution in [2.45, 2.75) is 0 Å². The van der Waals surface area contributed by atoms with Gasteiger partial charge in [-0.1, -0.05) is 103 Å². The molecule has 0 atom stereocenters. The smallest absolute Gasteiger partial charge is 0.147 e. The molecule has 9 aromatic carbocycles. The lowest BCUT2D eigenvalue weighted by molar-refractivity contribution is 0.657. The molecule has 0 bridgehead atoms. The number of para-hydroxylation sites is 4. The molecular formula is C55H31NO4S2. The van der Waals surface area contributed by atoms with E-state index in [-0.39, 0.29) is 0 Å². The maximum atomic E-state index is 9.72. The van der Waals surface area contributed by atoms with E-state index in [0.717, 1.165) is 132 Å². The number of nitrogens with zero attached hydrogens (tertiary/aromatic N) is 1. The molecule has 0 N–H and O–H groups in total. The lowest BCUT2D eigenvalue weighted by atomic mass is 9.89. The quantitative estimate of drug-likeness (QED) is 0.136. The summed E-state index contributed by atoms with van der Waals surface area (Å²) in [5.74, 6) is 0. The van der Waals surface area contributed by atoms with Gasteiger partial charge >= 0.3 is 0 Å². The van der Waals surface area contributed by atoms with Gasteiger partial charge in [-0.3, -0.25) is 0 Å². The molecule has 7 heteroatoms. The SMILES string of the molecule is N#Cc1cccc(-c2cccc(-c3cc(-c4c5oc6ccccc6c5cc5c4oc4ccccc45)cc(-c4c5oc6ccccc6c5cc5c4oc4ccccc45)c3)c2)c1.SS. The Morgan fingerprint density at radius 3 is 1.03 bits per heavy atom. The van der Waals surface area contributed by atoms with E-state index in [4.69, 9.17) is 17.7 Å². The molecule has 0 saturated carbocycles. The van der Waals surface area contributed by atoms with E-state index in [9.17, 15) is 5.26 Å². The Morgan fingerprint density at radius 1 is 0.306 bits per heavy atom. The summed E-state index contributed by atoms with van der Waals surface area (Å²) < 4.78 is 27.3. The van der Waals surface area contributed by atoms with Crippen LogP contribution in [0.2, 0.25) is 0 Å². The van der Waals surface area contributed by atoms with Gasteiger partial charge in [-0.15, -0.1) is 23.3 Å². The Kier molecular flexibility index (Phi) is 8.33. The van der Waals surface area contributed by atoms with Crippen molar-refractivity contribution in [1.29, 1.82) is 5.26 Å². The van der Waals surface area contributed by atoms with Crippen molar-refractivity contribution >= 4 is 111 Å². The predicted octanol–water partition coefficient (Wildman–Crippen LogP) is 16.6. The van der Waals surface area contributed by atoms with Crippen LogP contribution < -0.4 is 0 Å². The molecule has 0 unspecified atom stereocenters. The Bertz CT molecular complexity index is 3610. The molecule has 0 spiro atoms. The van der Waals surface area contributed by atoms with E-state index in [1.165, 1.54) is 0 Å². The van der Waals surface area contributed by atoms with Gasteiger partial charge < -0.3 is 17.7 Å². The number of benzene rings is 9. The van der Waals surface area contributed by atoms with Gasteiger partial charge in [-0.2, -0.15) is 5.26 Å². The van der Waals surface area contributed by atoms with E-state index >= 15 is 0 Å².